The molecule has 1 aromatic rings. The van der Waals surface area contributed by atoms with Crippen LogP contribution in [0.25, 0.3) is 0 Å². The van der Waals surface area contributed by atoms with Crippen LogP contribution in [0.3, 0.4) is 0 Å². The molecule has 16 heavy (non-hydrogen) atoms. The first-order valence-electron chi connectivity index (χ1n) is 5.26. The summed E-state index contributed by atoms with van der Waals surface area (Å²) in [7, 11) is 1.90. The molecule has 0 spiro atoms. The predicted molar refractivity (Wildman–Crippen MR) is 74.0 cm³/mol. The van der Waals surface area contributed by atoms with Gasteiger partial charge in [0.2, 0.25) is 5.91 Å². The van der Waals surface area contributed by atoms with E-state index in [1.165, 1.54) is 11.3 Å². The number of thioether (sulfide) groups is 1. The van der Waals surface area contributed by atoms with Gasteiger partial charge in [0.1, 0.15) is 0 Å². The van der Waals surface area contributed by atoms with Gasteiger partial charge in [-0.3, -0.25) is 4.79 Å². The van der Waals surface area contributed by atoms with Crippen molar-refractivity contribution < 1.29 is 4.79 Å². The molecule has 0 aliphatic carbocycles. The summed E-state index contributed by atoms with van der Waals surface area (Å²) < 4.78 is 1.10. The molecule has 1 aliphatic heterocycles. The van der Waals surface area contributed by atoms with Crippen molar-refractivity contribution in [2.24, 2.45) is 0 Å². The van der Waals surface area contributed by atoms with Crippen LogP contribution in [0.5, 0.6) is 0 Å². The lowest BCUT2D eigenvalue weighted by atomic mass is 10.2. The fourth-order valence-electron chi connectivity index (χ4n) is 1.77. The summed E-state index contributed by atoms with van der Waals surface area (Å²) in [6.07, 6.45) is 2.22. The van der Waals surface area contributed by atoms with Gasteiger partial charge in [0.05, 0.1) is 11.8 Å². The van der Waals surface area contributed by atoms with Gasteiger partial charge in [0.15, 0.2) is 0 Å². The van der Waals surface area contributed by atoms with Gasteiger partial charge in [-0.15, -0.1) is 23.1 Å². The number of halogens is 1. The lowest BCUT2D eigenvalue weighted by Gasteiger charge is -2.19. The Balaban J connectivity index is 1.91. The van der Waals surface area contributed by atoms with E-state index in [1.807, 2.05) is 11.9 Å². The second-order valence-corrected chi connectivity index (χ2v) is 7.15. The highest BCUT2D eigenvalue weighted by atomic mass is 79.9. The monoisotopic (exact) mass is 319 g/mol. The summed E-state index contributed by atoms with van der Waals surface area (Å²) in [5.41, 5.74) is 0. The zero-order valence-corrected chi connectivity index (χ0v) is 12.3. The molecular weight excluding hydrogens is 306 g/mol. The largest absolute Gasteiger partial charge is 0.340 e. The van der Waals surface area contributed by atoms with E-state index in [0.717, 1.165) is 23.2 Å². The van der Waals surface area contributed by atoms with Crippen molar-refractivity contribution in [3.8, 4) is 0 Å². The molecule has 5 heteroatoms. The second kappa shape index (κ2) is 5.56. The van der Waals surface area contributed by atoms with Crippen LogP contribution in [-0.2, 0) is 11.3 Å². The molecular formula is C11H14BrNOS2. The maximum absolute atomic E-state index is 12.1. The fourth-order valence-corrected chi connectivity index (χ4v) is 4.54. The van der Waals surface area contributed by atoms with Crippen LogP contribution >= 0.6 is 39.0 Å². The maximum atomic E-state index is 12.1. The van der Waals surface area contributed by atoms with Crippen LogP contribution in [0.4, 0.5) is 0 Å². The summed E-state index contributed by atoms with van der Waals surface area (Å²) in [5.74, 6) is 1.42. The van der Waals surface area contributed by atoms with Crippen molar-refractivity contribution in [2.45, 2.75) is 24.6 Å². The van der Waals surface area contributed by atoms with E-state index in [2.05, 4.69) is 27.4 Å². The Labute approximate surface area is 113 Å². The number of hydrogen-bond acceptors (Lipinski definition) is 3. The average molecular weight is 320 g/mol. The Kier molecular flexibility index (Phi) is 4.33. The van der Waals surface area contributed by atoms with Crippen LogP contribution in [0, 0.1) is 0 Å². The molecule has 2 heterocycles. The third kappa shape index (κ3) is 3.02. The summed E-state index contributed by atoms with van der Waals surface area (Å²) in [4.78, 5) is 15.1. The van der Waals surface area contributed by atoms with Crippen molar-refractivity contribution in [3.05, 3.63) is 20.8 Å². The highest BCUT2D eigenvalue weighted by molar-refractivity contribution is 9.10. The Morgan fingerprint density at radius 2 is 2.50 bits per heavy atom. The van der Waals surface area contributed by atoms with Crippen LogP contribution in [-0.4, -0.2) is 28.9 Å². The van der Waals surface area contributed by atoms with Crippen molar-refractivity contribution in [1.29, 1.82) is 0 Å². The van der Waals surface area contributed by atoms with E-state index in [4.69, 9.17) is 0 Å². The van der Waals surface area contributed by atoms with Gasteiger partial charge >= 0.3 is 0 Å². The van der Waals surface area contributed by atoms with Crippen molar-refractivity contribution in [1.82, 2.24) is 4.90 Å². The number of hydrogen-bond donors (Lipinski definition) is 0. The second-order valence-electron chi connectivity index (χ2n) is 3.93. The molecule has 0 bridgehead atoms. The van der Waals surface area contributed by atoms with Gasteiger partial charge in [-0.1, -0.05) is 0 Å². The predicted octanol–water partition coefficient (Wildman–Crippen LogP) is 3.36. The number of rotatable bonds is 3. The molecule has 1 aromatic heterocycles. The third-order valence-corrected chi connectivity index (χ3v) is 5.64. The summed E-state index contributed by atoms with van der Waals surface area (Å²) in [6.45, 7) is 0.728. The summed E-state index contributed by atoms with van der Waals surface area (Å²) >= 11 is 6.92. The van der Waals surface area contributed by atoms with Gasteiger partial charge < -0.3 is 4.90 Å². The van der Waals surface area contributed by atoms with Crippen molar-refractivity contribution in [2.75, 3.05) is 12.8 Å². The number of amides is 1. The van der Waals surface area contributed by atoms with Crippen LogP contribution in [0.1, 0.15) is 17.7 Å². The Bertz CT molecular complexity index is 374. The lowest BCUT2D eigenvalue weighted by molar-refractivity contribution is -0.129. The van der Waals surface area contributed by atoms with E-state index in [1.54, 1.807) is 23.1 Å². The molecule has 2 nitrogen and oxygen atoms in total. The smallest absolute Gasteiger partial charge is 0.235 e. The van der Waals surface area contributed by atoms with E-state index >= 15 is 0 Å². The minimum Gasteiger partial charge on any atom is -0.340 e. The Hall–Kier alpha value is -0.000000000000000111. The van der Waals surface area contributed by atoms with Crippen molar-refractivity contribution in [3.63, 3.8) is 0 Å². The Morgan fingerprint density at radius 3 is 3.06 bits per heavy atom. The first kappa shape index (κ1) is 12.5. The number of carbonyl (C=O) groups is 1. The molecule has 1 atom stereocenters. The summed E-state index contributed by atoms with van der Waals surface area (Å²) in [5, 5.41) is 2.26. The van der Waals surface area contributed by atoms with Gasteiger partial charge in [0.25, 0.3) is 0 Å². The molecule has 0 N–H and O–H groups in total. The topological polar surface area (TPSA) is 20.3 Å². The number of carbonyl (C=O) groups excluding carboxylic acids is 1. The van der Waals surface area contributed by atoms with Gasteiger partial charge in [-0.05, 0) is 40.6 Å². The molecule has 0 aromatic carbocycles. The van der Waals surface area contributed by atoms with Crippen LogP contribution < -0.4 is 0 Å². The molecule has 1 saturated heterocycles. The zero-order chi connectivity index (χ0) is 11.5. The lowest BCUT2D eigenvalue weighted by Crippen LogP contribution is -2.32. The zero-order valence-electron chi connectivity index (χ0n) is 9.11. The average Bonchev–Trinajstić information content (AvgIpc) is 2.88. The highest BCUT2D eigenvalue weighted by Gasteiger charge is 2.26. The highest BCUT2D eigenvalue weighted by Crippen LogP contribution is 2.28. The van der Waals surface area contributed by atoms with Crippen LogP contribution in [0.2, 0.25) is 0 Å². The normalized spacial score (nSPS) is 20.0. The third-order valence-electron chi connectivity index (χ3n) is 2.60. The molecule has 2 rings (SSSR count). The molecule has 1 aliphatic rings. The SMILES string of the molecule is CN(Cc1cc(Br)cs1)C(=O)C1CCCS1. The minimum atomic E-state index is 0.202. The summed E-state index contributed by atoms with van der Waals surface area (Å²) in [6, 6.07) is 2.08. The van der Waals surface area contributed by atoms with E-state index in [9.17, 15) is 4.79 Å². The molecule has 88 valence electrons. The maximum Gasteiger partial charge on any atom is 0.235 e. The van der Waals surface area contributed by atoms with Crippen LogP contribution in [0.15, 0.2) is 15.9 Å². The van der Waals surface area contributed by atoms with E-state index in [-0.39, 0.29) is 11.2 Å². The molecule has 1 amide bonds. The quantitative estimate of drug-likeness (QED) is 0.851. The number of thiophene rings is 1. The van der Waals surface area contributed by atoms with Gasteiger partial charge in [0, 0.05) is 21.8 Å². The molecule has 1 unspecified atom stereocenters. The van der Waals surface area contributed by atoms with E-state index < -0.39 is 0 Å². The number of nitrogens with zero attached hydrogens (tertiary/aromatic N) is 1. The first-order valence-corrected chi connectivity index (χ1v) is 7.98. The first-order chi connectivity index (χ1) is 7.66. The van der Waals surface area contributed by atoms with Gasteiger partial charge in [-0.2, -0.15) is 0 Å². The fraction of sp³-hybridized carbons (Fsp3) is 0.545. The Morgan fingerprint density at radius 1 is 1.69 bits per heavy atom. The van der Waals surface area contributed by atoms with Crippen molar-refractivity contribution >= 4 is 44.9 Å². The van der Waals surface area contributed by atoms with Gasteiger partial charge in [-0.25, -0.2) is 0 Å². The standard InChI is InChI=1S/C11H14BrNOS2/c1-13(6-9-5-8(12)7-16-9)11(14)10-3-2-4-15-10/h5,7,10H,2-4,6H2,1H3. The van der Waals surface area contributed by atoms with E-state index in [0.29, 0.717) is 0 Å². The molecule has 0 saturated carbocycles. The molecule has 0 radical (unpaired) electrons. The molecule has 1 fully saturated rings. The minimum absolute atomic E-state index is 0.202.